The molecule has 0 radical (unpaired) electrons. The number of aromatic hydroxyl groups is 1. The second-order valence-electron chi connectivity index (χ2n) is 8.17. The molecule has 1 aliphatic heterocycles. The Kier molecular flexibility index (Phi) is 7.31. The smallest absolute Gasteiger partial charge is 0.295 e. The third-order valence-electron chi connectivity index (χ3n) is 5.77. The number of methoxy groups -OCH3 is 1. The van der Waals surface area contributed by atoms with E-state index in [0.29, 0.717) is 36.4 Å². The van der Waals surface area contributed by atoms with Gasteiger partial charge in [0.25, 0.3) is 11.7 Å². The Balaban J connectivity index is 2.27. The van der Waals surface area contributed by atoms with E-state index in [4.69, 9.17) is 9.47 Å². The van der Waals surface area contributed by atoms with Gasteiger partial charge in [-0.25, -0.2) is 0 Å². The van der Waals surface area contributed by atoms with Crippen LogP contribution in [0.1, 0.15) is 55.0 Å². The van der Waals surface area contributed by atoms with Gasteiger partial charge in [0, 0.05) is 6.54 Å². The number of Topliss-reactive ketones (excluding diaryl/α,β-unsaturated/α-hetero) is 1. The number of carbonyl (C=O) groups excluding carboxylic acids is 2. The number of phenolic OH excluding ortho intramolecular Hbond substituents is 1. The average Bonchev–Trinajstić information content (AvgIpc) is 3.03. The summed E-state index contributed by atoms with van der Waals surface area (Å²) in [5.41, 5.74) is 2.61. The highest BCUT2D eigenvalue weighted by Crippen LogP contribution is 2.43. The van der Waals surface area contributed by atoms with Crippen LogP contribution in [-0.2, 0) is 9.59 Å². The molecule has 1 amide bonds. The summed E-state index contributed by atoms with van der Waals surface area (Å²) in [4.78, 5) is 27.7. The normalized spacial score (nSPS) is 17.5. The van der Waals surface area contributed by atoms with Crippen LogP contribution in [0.15, 0.2) is 35.9 Å². The van der Waals surface area contributed by atoms with E-state index in [-0.39, 0.29) is 22.8 Å². The van der Waals surface area contributed by atoms with Gasteiger partial charge in [-0.2, -0.15) is 0 Å². The van der Waals surface area contributed by atoms with Crippen LogP contribution in [0.4, 0.5) is 0 Å². The Labute approximate surface area is 194 Å². The number of aliphatic hydroxyl groups is 1. The third-order valence-corrected chi connectivity index (χ3v) is 5.77. The lowest BCUT2D eigenvalue weighted by atomic mass is 9.93. The molecule has 2 N–H and O–H groups in total. The SMILES string of the molecule is CCCCN1C(=O)C(=O)/C(=C(/O)c2cc(C)cc(C)c2OC)C1c1ccc(O)c(OCC)c1. The zero-order valence-corrected chi connectivity index (χ0v) is 19.8. The first kappa shape index (κ1) is 24.2. The van der Waals surface area contributed by atoms with Gasteiger partial charge in [-0.15, -0.1) is 0 Å². The number of amides is 1. The van der Waals surface area contributed by atoms with E-state index in [0.717, 1.165) is 17.5 Å². The highest BCUT2D eigenvalue weighted by atomic mass is 16.5. The Morgan fingerprint density at radius 3 is 2.48 bits per heavy atom. The van der Waals surface area contributed by atoms with Gasteiger partial charge >= 0.3 is 0 Å². The van der Waals surface area contributed by atoms with Gasteiger partial charge < -0.3 is 24.6 Å². The maximum atomic E-state index is 13.2. The fourth-order valence-electron chi connectivity index (χ4n) is 4.30. The molecule has 1 heterocycles. The van der Waals surface area contributed by atoms with Gasteiger partial charge in [-0.3, -0.25) is 9.59 Å². The van der Waals surface area contributed by atoms with Crippen molar-refractivity contribution in [1.29, 1.82) is 0 Å². The van der Waals surface area contributed by atoms with Crippen molar-refractivity contribution in [3.8, 4) is 17.2 Å². The minimum absolute atomic E-state index is 0.00691. The molecule has 3 rings (SSSR count). The molecule has 1 atom stereocenters. The number of nitrogens with zero attached hydrogens (tertiary/aromatic N) is 1. The van der Waals surface area contributed by atoms with E-state index in [9.17, 15) is 19.8 Å². The van der Waals surface area contributed by atoms with Crippen LogP contribution in [0, 0.1) is 13.8 Å². The van der Waals surface area contributed by atoms with Crippen molar-refractivity contribution in [2.24, 2.45) is 0 Å². The quantitative estimate of drug-likeness (QED) is 0.343. The van der Waals surface area contributed by atoms with E-state index < -0.39 is 17.7 Å². The summed E-state index contributed by atoms with van der Waals surface area (Å²) >= 11 is 0. The van der Waals surface area contributed by atoms with Crippen molar-refractivity contribution < 1.29 is 29.3 Å². The summed E-state index contributed by atoms with van der Waals surface area (Å²) < 4.78 is 11.0. The van der Waals surface area contributed by atoms with E-state index in [2.05, 4.69) is 0 Å². The number of phenols is 1. The summed E-state index contributed by atoms with van der Waals surface area (Å²) in [6.45, 7) is 8.23. The van der Waals surface area contributed by atoms with E-state index in [1.807, 2.05) is 26.8 Å². The third kappa shape index (κ3) is 4.53. The minimum atomic E-state index is -0.818. The molecule has 1 aliphatic rings. The number of carbonyl (C=O) groups is 2. The molecule has 1 unspecified atom stereocenters. The first-order chi connectivity index (χ1) is 15.7. The molecular formula is C26H31NO6. The molecule has 0 saturated carbocycles. The first-order valence-electron chi connectivity index (χ1n) is 11.1. The summed E-state index contributed by atoms with van der Waals surface area (Å²) in [6, 6.07) is 7.56. The van der Waals surface area contributed by atoms with Crippen LogP contribution >= 0.6 is 0 Å². The minimum Gasteiger partial charge on any atom is -0.507 e. The van der Waals surface area contributed by atoms with Crippen molar-refractivity contribution >= 4 is 17.4 Å². The van der Waals surface area contributed by atoms with Crippen molar-refractivity contribution in [3.63, 3.8) is 0 Å². The second kappa shape index (κ2) is 9.98. The highest BCUT2D eigenvalue weighted by molar-refractivity contribution is 6.46. The maximum absolute atomic E-state index is 13.2. The molecule has 1 fully saturated rings. The number of hydrogen-bond acceptors (Lipinski definition) is 6. The van der Waals surface area contributed by atoms with Crippen LogP contribution in [0.3, 0.4) is 0 Å². The Hall–Kier alpha value is -3.48. The summed E-state index contributed by atoms with van der Waals surface area (Å²) in [7, 11) is 1.50. The van der Waals surface area contributed by atoms with Crippen molar-refractivity contribution in [2.45, 2.75) is 46.6 Å². The number of ketones is 1. The summed E-state index contributed by atoms with van der Waals surface area (Å²) in [5, 5.41) is 21.5. The van der Waals surface area contributed by atoms with Gasteiger partial charge in [0.2, 0.25) is 0 Å². The highest BCUT2D eigenvalue weighted by Gasteiger charge is 2.46. The topological polar surface area (TPSA) is 96.3 Å². The maximum Gasteiger partial charge on any atom is 0.295 e. The first-order valence-corrected chi connectivity index (χ1v) is 11.1. The van der Waals surface area contributed by atoms with E-state index in [1.165, 1.54) is 18.1 Å². The number of unbranched alkanes of at least 4 members (excludes halogenated alkanes) is 1. The summed E-state index contributed by atoms with van der Waals surface area (Å²) in [6.07, 6.45) is 1.53. The molecule has 176 valence electrons. The number of benzene rings is 2. The lowest BCUT2D eigenvalue weighted by molar-refractivity contribution is -0.139. The molecule has 0 spiro atoms. The molecule has 7 heteroatoms. The predicted octanol–water partition coefficient (Wildman–Crippen LogP) is 4.64. The number of likely N-dealkylation sites (tertiary alicyclic amines) is 1. The molecule has 0 aliphatic carbocycles. The van der Waals surface area contributed by atoms with Gasteiger partial charge in [-0.1, -0.05) is 25.5 Å². The van der Waals surface area contributed by atoms with Crippen LogP contribution in [0.5, 0.6) is 17.2 Å². The standard InChI is InChI=1S/C26H31NO6/c1-6-8-11-27-22(17-9-10-19(28)20(14-17)33-7-2)21(24(30)26(27)31)23(29)18-13-15(3)12-16(4)25(18)32-5/h9-10,12-14,22,28-29H,6-8,11H2,1-5H3/b23-21+. The van der Waals surface area contributed by atoms with Crippen molar-refractivity contribution in [2.75, 3.05) is 20.3 Å². The Morgan fingerprint density at radius 2 is 1.85 bits per heavy atom. The molecular weight excluding hydrogens is 422 g/mol. The molecule has 2 aromatic carbocycles. The Morgan fingerprint density at radius 1 is 1.12 bits per heavy atom. The monoisotopic (exact) mass is 453 g/mol. The number of rotatable bonds is 8. The van der Waals surface area contributed by atoms with Gasteiger partial charge in [-0.05, 0) is 62.1 Å². The van der Waals surface area contributed by atoms with Crippen LogP contribution < -0.4 is 9.47 Å². The molecule has 0 aromatic heterocycles. The Bertz CT molecular complexity index is 1100. The average molecular weight is 454 g/mol. The van der Waals surface area contributed by atoms with Gasteiger partial charge in [0.15, 0.2) is 11.5 Å². The van der Waals surface area contributed by atoms with Crippen molar-refractivity contribution in [3.05, 3.63) is 58.2 Å². The zero-order chi connectivity index (χ0) is 24.3. The molecule has 2 aromatic rings. The fourth-order valence-corrected chi connectivity index (χ4v) is 4.30. The fraction of sp³-hybridized carbons (Fsp3) is 0.385. The number of aliphatic hydroxyl groups excluding tert-OH is 1. The largest absolute Gasteiger partial charge is 0.507 e. The van der Waals surface area contributed by atoms with Gasteiger partial charge in [0.1, 0.15) is 11.5 Å². The zero-order valence-electron chi connectivity index (χ0n) is 19.8. The van der Waals surface area contributed by atoms with Crippen LogP contribution in [-0.4, -0.2) is 47.1 Å². The molecule has 1 saturated heterocycles. The lowest BCUT2D eigenvalue weighted by Gasteiger charge is -2.26. The van der Waals surface area contributed by atoms with E-state index >= 15 is 0 Å². The number of hydrogen-bond donors (Lipinski definition) is 2. The number of ether oxygens (including phenoxy) is 2. The predicted molar refractivity (Wildman–Crippen MR) is 126 cm³/mol. The van der Waals surface area contributed by atoms with Crippen LogP contribution in [0.2, 0.25) is 0 Å². The van der Waals surface area contributed by atoms with Gasteiger partial charge in [0.05, 0.1) is 30.9 Å². The molecule has 0 bridgehead atoms. The lowest BCUT2D eigenvalue weighted by Crippen LogP contribution is -2.30. The summed E-state index contributed by atoms with van der Waals surface area (Å²) in [5.74, 6) is -1.04. The van der Waals surface area contributed by atoms with Crippen molar-refractivity contribution in [1.82, 2.24) is 4.90 Å². The van der Waals surface area contributed by atoms with E-state index in [1.54, 1.807) is 25.1 Å². The number of aryl methyl sites for hydroxylation is 2. The molecule has 7 nitrogen and oxygen atoms in total. The molecule has 33 heavy (non-hydrogen) atoms. The second-order valence-corrected chi connectivity index (χ2v) is 8.17. The van der Waals surface area contributed by atoms with Crippen LogP contribution in [0.25, 0.3) is 5.76 Å².